The van der Waals surface area contributed by atoms with E-state index in [1.54, 1.807) is 24.0 Å². The Bertz CT molecular complexity index is 229. The predicted octanol–water partition coefficient (Wildman–Crippen LogP) is 0.126. The zero-order valence-corrected chi connectivity index (χ0v) is 6.35. The molecule has 0 aliphatic carbocycles. The number of aryl methyl sites for hydroxylation is 1. The van der Waals surface area contributed by atoms with E-state index in [4.69, 9.17) is 11.1 Å². The Hall–Kier alpha value is -1.03. The number of halogens is 1. The second-order valence-electron chi connectivity index (χ2n) is 1.78. The number of imidazole rings is 1. The molecule has 0 aliphatic heterocycles. The van der Waals surface area contributed by atoms with E-state index in [1.165, 1.54) is 0 Å². The Labute approximate surface area is 65.0 Å². The van der Waals surface area contributed by atoms with E-state index in [1.807, 2.05) is 0 Å². The topological polar surface area (TPSA) is 67.7 Å². The van der Waals surface area contributed by atoms with Gasteiger partial charge in [0.2, 0.25) is 0 Å². The zero-order chi connectivity index (χ0) is 6.85. The lowest BCUT2D eigenvalue weighted by Gasteiger charge is -1.94. The van der Waals surface area contributed by atoms with E-state index < -0.39 is 0 Å². The molecule has 1 rings (SSSR count). The molecule has 56 valence electrons. The third-order valence-electron chi connectivity index (χ3n) is 1.06. The molecule has 10 heavy (non-hydrogen) atoms. The zero-order valence-electron chi connectivity index (χ0n) is 5.53. The third kappa shape index (κ3) is 1.48. The van der Waals surface area contributed by atoms with E-state index in [0.29, 0.717) is 5.82 Å². The van der Waals surface area contributed by atoms with Crippen molar-refractivity contribution in [1.29, 1.82) is 5.41 Å². The standard InChI is InChI=1S/C5H8N4.ClH/c1-9-3-2-8-5(9)4(6)7;/h2-3H,1H3,(H3,6,7);1H. The first-order chi connectivity index (χ1) is 4.22. The summed E-state index contributed by atoms with van der Waals surface area (Å²) in [6, 6.07) is 0. The Kier molecular flexibility index (Phi) is 2.89. The smallest absolute Gasteiger partial charge is 0.174 e. The summed E-state index contributed by atoms with van der Waals surface area (Å²) in [6.07, 6.45) is 3.35. The molecule has 0 aliphatic rings. The van der Waals surface area contributed by atoms with Crippen LogP contribution in [0.1, 0.15) is 5.82 Å². The van der Waals surface area contributed by atoms with Gasteiger partial charge in [0, 0.05) is 19.4 Å². The maximum atomic E-state index is 6.99. The van der Waals surface area contributed by atoms with Gasteiger partial charge >= 0.3 is 0 Å². The highest BCUT2D eigenvalue weighted by Gasteiger charge is 1.98. The van der Waals surface area contributed by atoms with Gasteiger partial charge in [0.15, 0.2) is 11.7 Å². The molecule has 0 saturated heterocycles. The van der Waals surface area contributed by atoms with Gasteiger partial charge in [0.25, 0.3) is 0 Å². The number of nitrogens with one attached hydrogen (secondary N) is 1. The molecule has 0 aromatic carbocycles. The van der Waals surface area contributed by atoms with Gasteiger partial charge < -0.3 is 10.3 Å². The first-order valence-electron chi connectivity index (χ1n) is 2.53. The maximum Gasteiger partial charge on any atom is 0.174 e. The van der Waals surface area contributed by atoms with Crippen LogP contribution in [0.25, 0.3) is 0 Å². The predicted molar refractivity (Wildman–Crippen MR) is 41.5 cm³/mol. The molecule has 1 aromatic rings. The maximum absolute atomic E-state index is 6.99. The fraction of sp³-hybridized carbons (Fsp3) is 0.200. The lowest BCUT2D eigenvalue weighted by Crippen LogP contribution is -2.16. The lowest BCUT2D eigenvalue weighted by atomic mass is 10.6. The van der Waals surface area contributed by atoms with Crippen LogP contribution in [-0.4, -0.2) is 15.4 Å². The van der Waals surface area contributed by atoms with E-state index >= 15 is 0 Å². The van der Waals surface area contributed by atoms with Crippen LogP contribution in [0.3, 0.4) is 0 Å². The fourth-order valence-corrected chi connectivity index (χ4v) is 0.625. The summed E-state index contributed by atoms with van der Waals surface area (Å²) in [7, 11) is 1.80. The van der Waals surface area contributed by atoms with Crippen molar-refractivity contribution < 1.29 is 0 Å². The van der Waals surface area contributed by atoms with Crippen LogP contribution in [-0.2, 0) is 7.05 Å². The van der Waals surface area contributed by atoms with Crippen molar-refractivity contribution >= 4 is 18.2 Å². The van der Waals surface area contributed by atoms with Crippen molar-refractivity contribution in [2.45, 2.75) is 0 Å². The highest BCUT2D eigenvalue weighted by molar-refractivity contribution is 5.91. The summed E-state index contributed by atoms with van der Waals surface area (Å²) in [6.45, 7) is 0. The molecule has 0 atom stereocenters. The van der Waals surface area contributed by atoms with Gasteiger partial charge in [-0.05, 0) is 0 Å². The Morgan fingerprint density at radius 2 is 2.40 bits per heavy atom. The van der Waals surface area contributed by atoms with Crippen LogP contribution in [0.4, 0.5) is 0 Å². The monoisotopic (exact) mass is 160 g/mol. The Balaban J connectivity index is 0.000000810. The van der Waals surface area contributed by atoms with Crippen molar-refractivity contribution in [2.24, 2.45) is 12.8 Å². The number of nitrogens with zero attached hydrogens (tertiary/aromatic N) is 2. The van der Waals surface area contributed by atoms with Gasteiger partial charge in [-0.3, -0.25) is 5.41 Å². The minimum Gasteiger partial charge on any atom is -0.381 e. The molecule has 0 radical (unpaired) electrons. The minimum absolute atomic E-state index is 0. The van der Waals surface area contributed by atoms with Gasteiger partial charge in [-0.2, -0.15) is 0 Å². The van der Waals surface area contributed by atoms with Crippen molar-refractivity contribution in [1.82, 2.24) is 9.55 Å². The molecule has 0 unspecified atom stereocenters. The molecule has 5 heteroatoms. The minimum atomic E-state index is 0. The van der Waals surface area contributed by atoms with E-state index in [0.717, 1.165) is 0 Å². The summed E-state index contributed by atoms with van der Waals surface area (Å²) < 4.78 is 1.70. The lowest BCUT2D eigenvalue weighted by molar-refractivity contribution is 0.893. The normalized spacial score (nSPS) is 8.50. The molecule has 0 fully saturated rings. The summed E-state index contributed by atoms with van der Waals surface area (Å²) in [4.78, 5) is 3.83. The summed E-state index contributed by atoms with van der Waals surface area (Å²) >= 11 is 0. The summed E-state index contributed by atoms with van der Waals surface area (Å²) in [5.41, 5.74) is 5.16. The van der Waals surface area contributed by atoms with Crippen LogP contribution in [0.5, 0.6) is 0 Å². The van der Waals surface area contributed by atoms with Crippen LogP contribution in [0.2, 0.25) is 0 Å². The average molecular weight is 161 g/mol. The molecule has 1 heterocycles. The number of amidine groups is 1. The summed E-state index contributed by atoms with van der Waals surface area (Å²) in [5.74, 6) is 0.512. The number of hydrogen-bond acceptors (Lipinski definition) is 2. The molecule has 1 aromatic heterocycles. The molecule has 0 bridgehead atoms. The van der Waals surface area contributed by atoms with Crippen molar-refractivity contribution in [2.75, 3.05) is 0 Å². The SMILES string of the molecule is Cl.Cn1ccnc1C(=N)N. The second kappa shape index (κ2) is 3.22. The first kappa shape index (κ1) is 8.97. The molecule has 4 nitrogen and oxygen atoms in total. The number of hydrogen-bond donors (Lipinski definition) is 2. The van der Waals surface area contributed by atoms with Gasteiger partial charge in [-0.25, -0.2) is 4.98 Å². The van der Waals surface area contributed by atoms with Gasteiger partial charge in [-0.1, -0.05) is 0 Å². The number of nitrogens with two attached hydrogens (primary N) is 1. The molecular formula is C5H9ClN4. The quantitative estimate of drug-likeness (QED) is 0.453. The molecular weight excluding hydrogens is 152 g/mol. The Morgan fingerprint density at radius 3 is 2.60 bits per heavy atom. The largest absolute Gasteiger partial charge is 0.381 e. The summed E-state index contributed by atoms with van der Waals surface area (Å²) in [5, 5.41) is 6.99. The van der Waals surface area contributed by atoms with Crippen LogP contribution in [0, 0.1) is 5.41 Å². The fourth-order valence-electron chi connectivity index (χ4n) is 0.625. The Morgan fingerprint density at radius 1 is 1.80 bits per heavy atom. The van der Waals surface area contributed by atoms with Crippen LogP contribution < -0.4 is 5.73 Å². The van der Waals surface area contributed by atoms with E-state index in [2.05, 4.69) is 4.98 Å². The van der Waals surface area contributed by atoms with E-state index in [-0.39, 0.29) is 18.2 Å². The van der Waals surface area contributed by atoms with E-state index in [9.17, 15) is 0 Å². The second-order valence-corrected chi connectivity index (χ2v) is 1.78. The molecule has 0 saturated carbocycles. The van der Waals surface area contributed by atoms with Crippen LogP contribution in [0.15, 0.2) is 12.4 Å². The molecule has 0 spiro atoms. The van der Waals surface area contributed by atoms with Gasteiger partial charge in [0.1, 0.15) is 0 Å². The third-order valence-corrected chi connectivity index (χ3v) is 1.06. The number of rotatable bonds is 1. The molecule has 0 amide bonds. The van der Waals surface area contributed by atoms with Crippen molar-refractivity contribution in [3.63, 3.8) is 0 Å². The van der Waals surface area contributed by atoms with Crippen LogP contribution >= 0.6 is 12.4 Å². The number of nitrogen functional groups attached to an aromatic ring is 1. The highest BCUT2D eigenvalue weighted by Crippen LogP contribution is 1.89. The highest BCUT2D eigenvalue weighted by atomic mass is 35.5. The average Bonchev–Trinajstić information content (AvgIpc) is 2.13. The first-order valence-corrected chi connectivity index (χ1v) is 2.53. The van der Waals surface area contributed by atoms with Gasteiger partial charge in [-0.15, -0.1) is 12.4 Å². The van der Waals surface area contributed by atoms with Gasteiger partial charge in [0.05, 0.1) is 0 Å². The van der Waals surface area contributed by atoms with Crippen molar-refractivity contribution in [3.8, 4) is 0 Å². The van der Waals surface area contributed by atoms with Crippen molar-refractivity contribution in [3.05, 3.63) is 18.2 Å². The molecule has 3 N–H and O–H groups in total. The number of aromatic nitrogens is 2.